The van der Waals surface area contributed by atoms with Gasteiger partial charge in [-0.05, 0) is 38.5 Å². The van der Waals surface area contributed by atoms with Crippen LogP contribution in [0.1, 0.15) is 26.3 Å². The average molecular weight is 291 g/mol. The van der Waals surface area contributed by atoms with Gasteiger partial charge in [0, 0.05) is 12.1 Å². The third-order valence-electron chi connectivity index (χ3n) is 2.44. The Morgan fingerprint density at radius 1 is 1.10 bits per heavy atom. The number of rotatable bonds is 5. The van der Waals surface area contributed by atoms with Gasteiger partial charge >= 0.3 is 6.18 Å². The van der Waals surface area contributed by atoms with E-state index < -0.39 is 12.8 Å². The highest BCUT2D eigenvalue weighted by molar-refractivity contribution is 5.43. The molecule has 3 nitrogen and oxygen atoms in total. The number of hydrogen-bond acceptors (Lipinski definition) is 3. The van der Waals surface area contributed by atoms with Crippen molar-refractivity contribution in [1.29, 1.82) is 0 Å². The highest BCUT2D eigenvalue weighted by atomic mass is 19.4. The maximum Gasteiger partial charge on any atom is 0.422 e. The van der Waals surface area contributed by atoms with Gasteiger partial charge in [0.05, 0.1) is 7.11 Å². The molecule has 0 atom stereocenters. The second kappa shape index (κ2) is 6.35. The quantitative estimate of drug-likeness (QED) is 0.900. The smallest absolute Gasteiger partial charge is 0.422 e. The number of benzene rings is 1. The molecule has 0 aliphatic rings. The summed E-state index contributed by atoms with van der Waals surface area (Å²) < 4.78 is 46.4. The Balaban J connectivity index is 2.80. The van der Waals surface area contributed by atoms with Gasteiger partial charge in [-0.15, -0.1) is 0 Å². The van der Waals surface area contributed by atoms with Gasteiger partial charge in [-0.3, -0.25) is 0 Å². The van der Waals surface area contributed by atoms with E-state index in [4.69, 9.17) is 9.47 Å². The monoisotopic (exact) mass is 291 g/mol. The topological polar surface area (TPSA) is 30.5 Å². The highest BCUT2D eigenvalue weighted by Gasteiger charge is 2.29. The summed E-state index contributed by atoms with van der Waals surface area (Å²) in [5.41, 5.74) is 0.755. The largest absolute Gasteiger partial charge is 0.493 e. The second-order valence-electron chi connectivity index (χ2n) is 5.49. The zero-order chi connectivity index (χ0) is 15.4. The summed E-state index contributed by atoms with van der Waals surface area (Å²) in [6.07, 6.45) is -4.37. The molecule has 0 unspecified atom stereocenters. The maximum atomic E-state index is 12.2. The summed E-state index contributed by atoms with van der Waals surface area (Å²) in [6, 6.07) is 4.95. The fraction of sp³-hybridized carbons (Fsp3) is 0.571. The Morgan fingerprint density at radius 2 is 1.75 bits per heavy atom. The van der Waals surface area contributed by atoms with E-state index in [0.29, 0.717) is 6.54 Å². The molecule has 0 aromatic heterocycles. The minimum Gasteiger partial charge on any atom is -0.493 e. The summed E-state index contributed by atoms with van der Waals surface area (Å²) in [5, 5.41) is 3.26. The van der Waals surface area contributed by atoms with E-state index in [2.05, 4.69) is 5.32 Å². The molecule has 1 aromatic rings. The molecule has 0 aliphatic heterocycles. The number of hydrogen-bond donors (Lipinski definition) is 1. The van der Waals surface area contributed by atoms with Crippen LogP contribution >= 0.6 is 0 Å². The second-order valence-corrected chi connectivity index (χ2v) is 5.49. The first-order chi connectivity index (χ1) is 9.11. The lowest BCUT2D eigenvalue weighted by Crippen LogP contribution is -2.35. The lowest BCUT2D eigenvalue weighted by atomic mass is 10.1. The fourth-order valence-electron chi connectivity index (χ4n) is 1.47. The molecule has 1 N–H and O–H groups in total. The number of nitrogens with one attached hydrogen (secondary N) is 1. The molecule has 0 aliphatic carbocycles. The van der Waals surface area contributed by atoms with Crippen molar-refractivity contribution >= 4 is 0 Å². The summed E-state index contributed by atoms with van der Waals surface area (Å²) in [5.74, 6) is 0.381. The molecule has 20 heavy (non-hydrogen) atoms. The SMILES string of the molecule is COc1ccc(CNC(C)(C)C)cc1OCC(F)(F)F. The van der Waals surface area contributed by atoms with Gasteiger partial charge < -0.3 is 14.8 Å². The lowest BCUT2D eigenvalue weighted by Gasteiger charge is -2.21. The van der Waals surface area contributed by atoms with Crippen molar-refractivity contribution in [2.45, 2.75) is 39.0 Å². The standard InChI is InChI=1S/C14H20F3NO2/c1-13(2,3)18-8-10-5-6-11(19-4)12(7-10)20-9-14(15,16)17/h5-7,18H,8-9H2,1-4H3. The molecule has 1 aromatic carbocycles. The first kappa shape index (κ1) is 16.6. The molecule has 0 radical (unpaired) electrons. The predicted molar refractivity (Wildman–Crippen MR) is 71.1 cm³/mol. The first-order valence-corrected chi connectivity index (χ1v) is 6.22. The number of methoxy groups -OCH3 is 1. The summed E-state index contributed by atoms with van der Waals surface area (Å²) in [4.78, 5) is 0. The molecule has 6 heteroatoms. The van der Waals surface area contributed by atoms with E-state index in [1.165, 1.54) is 7.11 Å². The van der Waals surface area contributed by atoms with Crippen LogP contribution in [0.2, 0.25) is 0 Å². The summed E-state index contributed by atoms with van der Waals surface area (Å²) in [6.45, 7) is 5.24. The van der Waals surface area contributed by atoms with Crippen molar-refractivity contribution in [3.8, 4) is 11.5 Å². The van der Waals surface area contributed by atoms with Crippen LogP contribution in [0.15, 0.2) is 18.2 Å². The van der Waals surface area contributed by atoms with E-state index in [9.17, 15) is 13.2 Å². The van der Waals surface area contributed by atoms with Gasteiger partial charge in [0.2, 0.25) is 0 Å². The Kier molecular flexibility index (Phi) is 5.28. The van der Waals surface area contributed by atoms with Gasteiger partial charge in [-0.2, -0.15) is 13.2 Å². The first-order valence-electron chi connectivity index (χ1n) is 6.22. The molecular weight excluding hydrogens is 271 g/mol. The molecule has 0 bridgehead atoms. The van der Waals surface area contributed by atoms with Gasteiger partial charge in [-0.1, -0.05) is 6.07 Å². The van der Waals surface area contributed by atoms with Gasteiger partial charge in [0.25, 0.3) is 0 Å². The molecule has 0 fully saturated rings. The number of ether oxygens (including phenoxy) is 2. The van der Waals surface area contributed by atoms with Gasteiger partial charge in [0.15, 0.2) is 18.1 Å². The lowest BCUT2D eigenvalue weighted by molar-refractivity contribution is -0.153. The minimum atomic E-state index is -4.37. The number of halogens is 3. The molecule has 114 valence electrons. The maximum absolute atomic E-state index is 12.2. The Morgan fingerprint density at radius 3 is 2.25 bits per heavy atom. The van der Waals surface area contributed by atoms with Crippen molar-refractivity contribution in [3.63, 3.8) is 0 Å². The van der Waals surface area contributed by atoms with Crippen LogP contribution in [0.4, 0.5) is 13.2 Å². The molecule has 0 saturated carbocycles. The minimum absolute atomic E-state index is 0.0765. The number of alkyl halides is 3. The predicted octanol–water partition coefficient (Wildman–Crippen LogP) is 3.52. The van der Waals surface area contributed by atoms with E-state index in [1.54, 1.807) is 18.2 Å². The summed E-state index contributed by atoms with van der Waals surface area (Å²) >= 11 is 0. The van der Waals surface area contributed by atoms with Gasteiger partial charge in [-0.25, -0.2) is 0 Å². The zero-order valence-electron chi connectivity index (χ0n) is 12.1. The van der Waals surface area contributed by atoms with Crippen molar-refractivity contribution in [3.05, 3.63) is 23.8 Å². The van der Waals surface area contributed by atoms with Crippen LogP contribution in [0, 0.1) is 0 Å². The van der Waals surface area contributed by atoms with Crippen molar-refractivity contribution in [2.24, 2.45) is 0 Å². The van der Waals surface area contributed by atoms with E-state index in [1.807, 2.05) is 20.8 Å². The van der Waals surface area contributed by atoms with Crippen LogP contribution in [-0.4, -0.2) is 25.4 Å². The molecule has 0 spiro atoms. The van der Waals surface area contributed by atoms with Crippen molar-refractivity contribution < 1.29 is 22.6 Å². The normalized spacial score (nSPS) is 12.3. The molecule has 0 saturated heterocycles. The van der Waals surface area contributed by atoms with Crippen LogP contribution < -0.4 is 14.8 Å². The Labute approximate surface area is 117 Å². The Hall–Kier alpha value is -1.43. The van der Waals surface area contributed by atoms with Gasteiger partial charge in [0.1, 0.15) is 0 Å². The van der Waals surface area contributed by atoms with Crippen molar-refractivity contribution in [1.82, 2.24) is 5.32 Å². The zero-order valence-corrected chi connectivity index (χ0v) is 12.1. The van der Waals surface area contributed by atoms with E-state index >= 15 is 0 Å². The average Bonchev–Trinajstić information content (AvgIpc) is 2.32. The van der Waals surface area contributed by atoms with Crippen LogP contribution in [0.5, 0.6) is 11.5 Å². The molecule has 1 rings (SSSR count). The van der Waals surface area contributed by atoms with Crippen LogP contribution in [0.3, 0.4) is 0 Å². The Bertz CT molecular complexity index is 439. The van der Waals surface area contributed by atoms with Crippen LogP contribution in [0.25, 0.3) is 0 Å². The highest BCUT2D eigenvalue weighted by Crippen LogP contribution is 2.29. The van der Waals surface area contributed by atoms with Crippen LogP contribution in [-0.2, 0) is 6.54 Å². The molecule has 0 amide bonds. The van der Waals surface area contributed by atoms with E-state index in [-0.39, 0.29) is 17.0 Å². The van der Waals surface area contributed by atoms with Crippen molar-refractivity contribution in [2.75, 3.05) is 13.7 Å². The third kappa shape index (κ3) is 6.14. The molecule has 0 heterocycles. The fourth-order valence-corrected chi connectivity index (χ4v) is 1.47. The summed E-state index contributed by atoms with van der Waals surface area (Å²) in [7, 11) is 1.39. The van der Waals surface area contributed by atoms with E-state index in [0.717, 1.165) is 5.56 Å². The molecular formula is C14H20F3NO2. The third-order valence-corrected chi connectivity index (χ3v) is 2.44.